The molecule has 0 unspecified atom stereocenters. The van der Waals surface area contributed by atoms with Crippen LogP contribution in [0.4, 0.5) is 13.2 Å². The number of hydrogen-bond donors (Lipinski definition) is 0. The molecule has 0 saturated carbocycles. The average molecular weight is 248 g/mol. The van der Waals surface area contributed by atoms with Crippen LogP contribution in [0.25, 0.3) is 11.7 Å². The third-order valence-corrected chi connectivity index (χ3v) is 2.34. The van der Waals surface area contributed by atoms with Gasteiger partial charge in [0.1, 0.15) is 0 Å². The van der Waals surface area contributed by atoms with Crippen molar-refractivity contribution in [2.75, 3.05) is 0 Å². The lowest BCUT2D eigenvalue weighted by atomic mass is 10.2. The summed E-state index contributed by atoms with van der Waals surface area (Å²) < 4.78 is 38.0. The summed E-state index contributed by atoms with van der Waals surface area (Å²) in [7, 11) is 0. The molecule has 0 aromatic carbocycles. The van der Waals surface area contributed by atoms with Crippen molar-refractivity contribution in [3.63, 3.8) is 0 Å². The summed E-state index contributed by atoms with van der Waals surface area (Å²) in [6.45, 7) is 3.49. The molecular formula is C9H5ClF3N3. The molecule has 16 heavy (non-hydrogen) atoms. The minimum atomic E-state index is -4.58. The van der Waals surface area contributed by atoms with Crippen LogP contribution < -0.4 is 0 Å². The molecule has 7 heteroatoms. The van der Waals surface area contributed by atoms with Crippen LogP contribution in [-0.2, 0) is 6.18 Å². The minimum Gasteiger partial charge on any atom is -0.219 e. The maximum Gasteiger partial charge on any atom is 0.453 e. The molecule has 2 heterocycles. The van der Waals surface area contributed by atoms with E-state index in [9.17, 15) is 13.2 Å². The molecule has 84 valence electrons. The van der Waals surface area contributed by atoms with E-state index in [0.29, 0.717) is 5.56 Å². The van der Waals surface area contributed by atoms with Crippen molar-refractivity contribution in [1.82, 2.24) is 14.6 Å². The van der Waals surface area contributed by atoms with E-state index >= 15 is 0 Å². The van der Waals surface area contributed by atoms with Crippen molar-refractivity contribution in [1.29, 1.82) is 0 Å². The molecule has 0 radical (unpaired) electrons. The van der Waals surface area contributed by atoms with Gasteiger partial charge < -0.3 is 0 Å². The highest BCUT2D eigenvalue weighted by molar-refractivity contribution is 6.34. The van der Waals surface area contributed by atoms with Gasteiger partial charge >= 0.3 is 6.18 Å². The lowest BCUT2D eigenvalue weighted by Gasteiger charge is -1.97. The van der Waals surface area contributed by atoms with Crippen molar-refractivity contribution in [2.45, 2.75) is 6.18 Å². The van der Waals surface area contributed by atoms with Gasteiger partial charge in [-0.3, -0.25) is 0 Å². The van der Waals surface area contributed by atoms with Gasteiger partial charge in [0, 0.05) is 6.20 Å². The SMILES string of the molecule is C=Cc1ccn2nc(C(F)(F)F)nc2c1Cl. The average Bonchev–Trinajstić information content (AvgIpc) is 2.62. The van der Waals surface area contributed by atoms with Gasteiger partial charge in [0.05, 0.1) is 5.02 Å². The third-order valence-electron chi connectivity index (χ3n) is 1.95. The van der Waals surface area contributed by atoms with Gasteiger partial charge in [0.2, 0.25) is 0 Å². The maximum absolute atomic E-state index is 12.3. The molecule has 0 aliphatic heterocycles. The number of rotatable bonds is 1. The Labute approximate surface area is 93.2 Å². The Hall–Kier alpha value is -1.56. The van der Waals surface area contributed by atoms with E-state index in [1.165, 1.54) is 18.3 Å². The molecule has 0 bridgehead atoms. The molecule has 0 saturated heterocycles. The van der Waals surface area contributed by atoms with Crippen molar-refractivity contribution in [3.05, 3.63) is 35.3 Å². The van der Waals surface area contributed by atoms with Crippen LogP contribution in [0.3, 0.4) is 0 Å². The predicted octanol–water partition coefficient (Wildman–Crippen LogP) is 3.04. The second-order valence-corrected chi connectivity index (χ2v) is 3.37. The van der Waals surface area contributed by atoms with Crippen molar-refractivity contribution >= 4 is 23.3 Å². The minimum absolute atomic E-state index is 0.0357. The van der Waals surface area contributed by atoms with Crippen molar-refractivity contribution in [3.8, 4) is 0 Å². The van der Waals surface area contributed by atoms with E-state index in [4.69, 9.17) is 11.6 Å². The topological polar surface area (TPSA) is 30.2 Å². The highest BCUT2D eigenvalue weighted by Gasteiger charge is 2.36. The summed E-state index contributed by atoms with van der Waals surface area (Å²) >= 11 is 5.84. The van der Waals surface area contributed by atoms with E-state index in [1.807, 2.05) is 0 Å². The fraction of sp³-hybridized carbons (Fsp3) is 0.111. The molecule has 0 atom stereocenters. The van der Waals surface area contributed by atoms with E-state index in [1.54, 1.807) is 0 Å². The van der Waals surface area contributed by atoms with E-state index in [0.717, 1.165) is 4.52 Å². The quantitative estimate of drug-likeness (QED) is 0.775. The Bertz CT molecular complexity index is 559. The van der Waals surface area contributed by atoms with Gasteiger partial charge in [-0.1, -0.05) is 24.3 Å². The fourth-order valence-corrected chi connectivity index (χ4v) is 1.48. The Balaban J connectivity index is 2.71. The van der Waals surface area contributed by atoms with Crippen LogP contribution in [0.15, 0.2) is 18.8 Å². The van der Waals surface area contributed by atoms with E-state index in [2.05, 4.69) is 16.7 Å². The Morgan fingerprint density at radius 3 is 2.69 bits per heavy atom. The summed E-state index contributed by atoms with van der Waals surface area (Å²) in [6, 6.07) is 1.51. The Kier molecular flexibility index (Phi) is 2.38. The van der Waals surface area contributed by atoms with Crippen molar-refractivity contribution < 1.29 is 13.2 Å². The first-order chi connectivity index (χ1) is 7.43. The van der Waals surface area contributed by atoms with Crippen LogP contribution in [0.5, 0.6) is 0 Å². The number of halogens is 4. The fourth-order valence-electron chi connectivity index (χ4n) is 1.21. The maximum atomic E-state index is 12.3. The largest absolute Gasteiger partial charge is 0.453 e. The summed E-state index contributed by atoms with van der Waals surface area (Å²) in [5.74, 6) is -1.21. The lowest BCUT2D eigenvalue weighted by molar-refractivity contribution is -0.144. The summed E-state index contributed by atoms with van der Waals surface area (Å²) in [4.78, 5) is 3.34. The van der Waals surface area contributed by atoms with Gasteiger partial charge in [0.25, 0.3) is 5.82 Å². The molecule has 0 amide bonds. The molecule has 2 aromatic heterocycles. The molecule has 0 fully saturated rings. The number of fused-ring (bicyclic) bond motifs is 1. The van der Waals surface area contributed by atoms with Gasteiger partial charge in [-0.15, -0.1) is 5.10 Å². The molecule has 0 aliphatic rings. The van der Waals surface area contributed by atoms with Crippen LogP contribution in [0, 0.1) is 0 Å². The summed E-state index contributed by atoms with van der Waals surface area (Å²) in [5, 5.41) is 3.38. The van der Waals surface area contributed by atoms with Gasteiger partial charge in [-0.05, 0) is 11.6 Å². The van der Waals surface area contributed by atoms with Gasteiger partial charge in [-0.25, -0.2) is 9.50 Å². The monoisotopic (exact) mass is 247 g/mol. The van der Waals surface area contributed by atoms with Crippen LogP contribution in [-0.4, -0.2) is 14.6 Å². The highest BCUT2D eigenvalue weighted by atomic mass is 35.5. The molecular weight excluding hydrogens is 243 g/mol. The van der Waals surface area contributed by atoms with Crippen LogP contribution in [0.1, 0.15) is 11.4 Å². The predicted molar refractivity (Wildman–Crippen MR) is 53.1 cm³/mol. The number of hydrogen-bond acceptors (Lipinski definition) is 2. The summed E-state index contributed by atoms with van der Waals surface area (Å²) in [6.07, 6.45) is -1.80. The van der Waals surface area contributed by atoms with Crippen molar-refractivity contribution in [2.24, 2.45) is 0 Å². The number of aromatic nitrogens is 3. The molecule has 2 rings (SSSR count). The van der Waals surface area contributed by atoms with E-state index in [-0.39, 0.29) is 10.7 Å². The first-order valence-corrected chi connectivity index (χ1v) is 4.56. The van der Waals surface area contributed by atoms with E-state index < -0.39 is 12.0 Å². The Morgan fingerprint density at radius 2 is 2.12 bits per heavy atom. The molecule has 2 aromatic rings. The zero-order valence-electron chi connectivity index (χ0n) is 7.79. The lowest BCUT2D eigenvalue weighted by Crippen LogP contribution is -2.07. The first-order valence-electron chi connectivity index (χ1n) is 4.18. The molecule has 3 nitrogen and oxygen atoms in total. The van der Waals surface area contributed by atoms with Gasteiger partial charge in [0.15, 0.2) is 5.65 Å². The normalized spacial score (nSPS) is 12.0. The molecule has 0 spiro atoms. The zero-order valence-corrected chi connectivity index (χ0v) is 8.55. The zero-order chi connectivity index (χ0) is 11.9. The van der Waals surface area contributed by atoms with Crippen LogP contribution in [0.2, 0.25) is 5.02 Å². The first kappa shape index (κ1) is 10.9. The smallest absolute Gasteiger partial charge is 0.219 e. The molecule has 0 aliphatic carbocycles. The third kappa shape index (κ3) is 1.65. The second-order valence-electron chi connectivity index (χ2n) is 2.99. The van der Waals surface area contributed by atoms with Crippen LogP contribution >= 0.6 is 11.6 Å². The highest BCUT2D eigenvalue weighted by Crippen LogP contribution is 2.29. The molecule has 0 N–H and O–H groups in total. The number of pyridine rings is 1. The second kappa shape index (κ2) is 3.48. The van der Waals surface area contributed by atoms with Gasteiger partial charge in [-0.2, -0.15) is 13.2 Å². The Morgan fingerprint density at radius 1 is 1.44 bits per heavy atom. The standard InChI is InChI=1S/C9H5ClF3N3/c1-2-5-3-4-16-7(6(5)10)14-8(15-16)9(11,12)13/h2-4H,1H2. The number of nitrogens with zero attached hydrogens (tertiary/aromatic N) is 3. The number of alkyl halides is 3. The summed E-state index contributed by atoms with van der Waals surface area (Å²) in [5.41, 5.74) is 0.474.